The van der Waals surface area contributed by atoms with E-state index in [2.05, 4.69) is 24.1 Å². The molecule has 1 aliphatic rings. The van der Waals surface area contributed by atoms with E-state index in [9.17, 15) is 4.39 Å². The number of benzene rings is 1. The Morgan fingerprint density at radius 2 is 1.87 bits per heavy atom. The molecule has 0 spiro atoms. The third-order valence-electron chi connectivity index (χ3n) is 2.86. The van der Waals surface area contributed by atoms with Crippen LogP contribution in [0, 0.1) is 5.82 Å². The fraction of sp³-hybridized carbons (Fsp3) is 0.500. The van der Waals surface area contributed by atoms with Crippen LogP contribution in [-0.2, 0) is 0 Å². The third kappa shape index (κ3) is 2.48. The van der Waals surface area contributed by atoms with Crippen molar-refractivity contribution in [3.63, 3.8) is 0 Å². The van der Waals surface area contributed by atoms with Crippen molar-refractivity contribution < 1.29 is 4.39 Å². The molecule has 15 heavy (non-hydrogen) atoms. The van der Waals surface area contributed by atoms with E-state index in [1.54, 1.807) is 12.1 Å². The Balaban J connectivity index is 1.82. The highest BCUT2D eigenvalue weighted by atomic mass is 19.1. The van der Waals surface area contributed by atoms with Gasteiger partial charge in [-0.1, -0.05) is 0 Å². The van der Waals surface area contributed by atoms with Crippen LogP contribution >= 0.6 is 0 Å². The number of anilines is 1. The maximum atomic E-state index is 12.7. The Kier molecular flexibility index (Phi) is 2.91. The Morgan fingerprint density at radius 3 is 2.40 bits per heavy atom. The van der Waals surface area contributed by atoms with Crippen LogP contribution in [0.4, 0.5) is 10.1 Å². The zero-order valence-electron chi connectivity index (χ0n) is 9.20. The quantitative estimate of drug-likeness (QED) is 0.820. The van der Waals surface area contributed by atoms with Gasteiger partial charge in [0, 0.05) is 24.8 Å². The van der Waals surface area contributed by atoms with Crippen LogP contribution in [0.1, 0.15) is 13.8 Å². The minimum absolute atomic E-state index is 0.182. The van der Waals surface area contributed by atoms with E-state index in [-0.39, 0.29) is 5.82 Å². The molecule has 0 amide bonds. The molecular weight excluding hydrogens is 191 g/mol. The summed E-state index contributed by atoms with van der Waals surface area (Å²) in [6, 6.07) is 7.68. The SMILES string of the molecule is CC(C)N1CC(Nc2ccc(F)cc2)C1. The molecule has 0 aromatic heterocycles. The van der Waals surface area contributed by atoms with Crippen LogP contribution < -0.4 is 5.32 Å². The standard InChI is InChI=1S/C12H17FN2/c1-9(2)15-7-12(8-15)14-11-5-3-10(13)4-6-11/h3-6,9,12,14H,7-8H2,1-2H3. The highest BCUT2D eigenvalue weighted by Crippen LogP contribution is 2.17. The van der Waals surface area contributed by atoms with Gasteiger partial charge in [0.15, 0.2) is 0 Å². The molecule has 3 heteroatoms. The Hall–Kier alpha value is -1.09. The molecule has 0 radical (unpaired) electrons. The van der Waals surface area contributed by atoms with Crippen molar-refractivity contribution in [3.8, 4) is 0 Å². The molecule has 0 bridgehead atoms. The van der Waals surface area contributed by atoms with E-state index < -0.39 is 0 Å². The summed E-state index contributed by atoms with van der Waals surface area (Å²) in [5.74, 6) is -0.182. The lowest BCUT2D eigenvalue weighted by Crippen LogP contribution is -2.57. The van der Waals surface area contributed by atoms with Crippen molar-refractivity contribution in [1.29, 1.82) is 0 Å². The maximum absolute atomic E-state index is 12.7. The third-order valence-corrected chi connectivity index (χ3v) is 2.86. The summed E-state index contributed by atoms with van der Waals surface area (Å²) in [4.78, 5) is 2.40. The second kappa shape index (κ2) is 4.19. The average Bonchev–Trinajstić information content (AvgIpc) is 2.13. The van der Waals surface area contributed by atoms with Gasteiger partial charge in [-0.25, -0.2) is 4.39 Å². The molecule has 1 aliphatic heterocycles. The molecule has 1 N–H and O–H groups in total. The van der Waals surface area contributed by atoms with Crippen LogP contribution in [-0.4, -0.2) is 30.1 Å². The van der Waals surface area contributed by atoms with Gasteiger partial charge in [-0.15, -0.1) is 0 Å². The molecule has 2 rings (SSSR count). The maximum Gasteiger partial charge on any atom is 0.123 e. The second-order valence-electron chi connectivity index (χ2n) is 4.40. The van der Waals surface area contributed by atoms with E-state index >= 15 is 0 Å². The van der Waals surface area contributed by atoms with Gasteiger partial charge in [-0.05, 0) is 38.1 Å². The highest BCUT2D eigenvalue weighted by molar-refractivity contribution is 5.44. The first kappa shape index (κ1) is 10.4. The van der Waals surface area contributed by atoms with Gasteiger partial charge in [-0.3, -0.25) is 4.90 Å². The number of halogens is 1. The van der Waals surface area contributed by atoms with Crippen molar-refractivity contribution >= 4 is 5.69 Å². The number of likely N-dealkylation sites (tertiary alicyclic amines) is 1. The topological polar surface area (TPSA) is 15.3 Å². The van der Waals surface area contributed by atoms with Crippen LogP contribution in [0.25, 0.3) is 0 Å². The molecule has 1 fully saturated rings. The molecular formula is C12H17FN2. The summed E-state index contributed by atoms with van der Waals surface area (Å²) < 4.78 is 12.7. The van der Waals surface area contributed by atoms with Crippen molar-refractivity contribution in [1.82, 2.24) is 4.90 Å². The number of rotatable bonds is 3. The first-order valence-electron chi connectivity index (χ1n) is 5.41. The second-order valence-corrected chi connectivity index (χ2v) is 4.40. The number of nitrogens with zero attached hydrogens (tertiary/aromatic N) is 1. The molecule has 1 aromatic rings. The van der Waals surface area contributed by atoms with E-state index in [1.807, 2.05) is 0 Å². The van der Waals surface area contributed by atoms with Crippen molar-refractivity contribution in [2.45, 2.75) is 25.9 Å². The monoisotopic (exact) mass is 208 g/mol. The minimum Gasteiger partial charge on any atom is -0.380 e. The molecule has 2 nitrogen and oxygen atoms in total. The zero-order chi connectivity index (χ0) is 10.8. The van der Waals surface area contributed by atoms with E-state index in [4.69, 9.17) is 0 Å². The molecule has 0 saturated carbocycles. The summed E-state index contributed by atoms with van der Waals surface area (Å²) in [7, 11) is 0. The summed E-state index contributed by atoms with van der Waals surface area (Å²) in [5, 5.41) is 3.38. The minimum atomic E-state index is -0.182. The van der Waals surface area contributed by atoms with Crippen LogP contribution in [0.5, 0.6) is 0 Å². The summed E-state index contributed by atoms with van der Waals surface area (Å²) >= 11 is 0. The van der Waals surface area contributed by atoms with E-state index in [0.29, 0.717) is 12.1 Å². The first-order chi connectivity index (χ1) is 7.15. The molecule has 0 atom stereocenters. The van der Waals surface area contributed by atoms with Crippen molar-refractivity contribution in [2.75, 3.05) is 18.4 Å². The molecule has 0 aliphatic carbocycles. The lowest BCUT2D eigenvalue weighted by atomic mass is 10.1. The van der Waals surface area contributed by atoms with Gasteiger partial charge in [-0.2, -0.15) is 0 Å². The van der Waals surface area contributed by atoms with Gasteiger partial charge >= 0.3 is 0 Å². The zero-order valence-corrected chi connectivity index (χ0v) is 9.20. The molecule has 0 unspecified atom stereocenters. The Bertz CT molecular complexity index is 315. The summed E-state index contributed by atoms with van der Waals surface area (Å²) in [5.41, 5.74) is 1.00. The lowest BCUT2D eigenvalue weighted by molar-refractivity contribution is 0.122. The summed E-state index contributed by atoms with van der Waals surface area (Å²) in [6.07, 6.45) is 0. The van der Waals surface area contributed by atoms with Crippen molar-refractivity contribution in [3.05, 3.63) is 30.1 Å². The largest absolute Gasteiger partial charge is 0.380 e. The number of nitrogens with one attached hydrogen (secondary N) is 1. The number of hydrogen-bond acceptors (Lipinski definition) is 2. The lowest BCUT2D eigenvalue weighted by Gasteiger charge is -2.42. The Morgan fingerprint density at radius 1 is 1.27 bits per heavy atom. The predicted octanol–water partition coefficient (Wildman–Crippen LogP) is 2.33. The van der Waals surface area contributed by atoms with Crippen molar-refractivity contribution in [2.24, 2.45) is 0 Å². The van der Waals surface area contributed by atoms with E-state index in [0.717, 1.165) is 18.8 Å². The van der Waals surface area contributed by atoms with Crippen LogP contribution in [0.15, 0.2) is 24.3 Å². The predicted molar refractivity (Wildman–Crippen MR) is 60.5 cm³/mol. The highest BCUT2D eigenvalue weighted by Gasteiger charge is 2.27. The normalized spacial score (nSPS) is 17.9. The van der Waals surface area contributed by atoms with Gasteiger partial charge in [0.25, 0.3) is 0 Å². The Labute approximate surface area is 90.1 Å². The van der Waals surface area contributed by atoms with Crippen LogP contribution in [0.3, 0.4) is 0 Å². The smallest absolute Gasteiger partial charge is 0.123 e. The molecule has 82 valence electrons. The van der Waals surface area contributed by atoms with E-state index in [1.165, 1.54) is 12.1 Å². The molecule has 1 saturated heterocycles. The molecule has 1 heterocycles. The number of hydrogen-bond donors (Lipinski definition) is 1. The van der Waals surface area contributed by atoms with Gasteiger partial charge in [0.2, 0.25) is 0 Å². The van der Waals surface area contributed by atoms with Crippen LogP contribution in [0.2, 0.25) is 0 Å². The summed E-state index contributed by atoms with van der Waals surface area (Å²) in [6.45, 7) is 6.56. The van der Waals surface area contributed by atoms with Gasteiger partial charge in [0.1, 0.15) is 5.82 Å². The fourth-order valence-electron chi connectivity index (χ4n) is 1.81. The van der Waals surface area contributed by atoms with Gasteiger partial charge < -0.3 is 5.32 Å². The molecule has 1 aromatic carbocycles. The first-order valence-corrected chi connectivity index (χ1v) is 5.41. The fourth-order valence-corrected chi connectivity index (χ4v) is 1.81. The van der Waals surface area contributed by atoms with Gasteiger partial charge in [0.05, 0.1) is 6.04 Å². The average molecular weight is 208 g/mol.